The van der Waals surface area contributed by atoms with Crippen LogP contribution in [-0.4, -0.2) is 29.0 Å². The molecular weight excluding hydrogens is 288 g/mol. The number of aryl methyl sites for hydroxylation is 2. The van der Waals surface area contributed by atoms with Crippen LogP contribution in [0.4, 0.5) is 0 Å². The maximum atomic E-state index is 11.8. The van der Waals surface area contributed by atoms with Gasteiger partial charge in [0.05, 0.1) is 0 Å². The molecule has 22 heavy (non-hydrogen) atoms. The van der Waals surface area contributed by atoms with Gasteiger partial charge in [0.1, 0.15) is 5.75 Å². The number of carboxylic acids is 1. The summed E-state index contributed by atoms with van der Waals surface area (Å²) in [6, 6.07) is 5.45. The highest BCUT2D eigenvalue weighted by atomic mass is 16.5. The number of carboxylic acid groups (broad SMARTS) is 1. The summed E-state index contributed by atoms with van der Waals surface area (Å²) in [5.74, 6) is -2.03. The van der Waals surface area contributed by atoms with E-state index in [1.165, 1.54) is 6.92 Å². The predicted molar refractivity (Wildman–Crippen MR) is 79.1 cm³/mol. The SMILES string of the molecule is Cc1ccc(OC(C)C(=O)NNC(=O)/C=C/C(=O)O)cc1C. The number of carbonyl (C=O) groups excluding carboxylic acids is 2. The van der Waals surface area contributed by atoms with E-state index in [2.05, 4.69) is 10.9 Å². The molecule has 1 atom stereocenters. The minimum atomic E-state index is -1.26. The number of benzene rings is 1. The number of rotatable bonds is 5. The van der Waals surface area contributed by atoms with E-state index in [-0.39, 0.29) is 0 Å². The second kappa shape index (κ2) is 7.82. The van der Waals surface area contributed by atoms with Gasteiger partial charge in [0, 0.05) is 12.2 Å². The number of hydrogen-bond acceptors (Lipinski definition) is 4. The normalized spacial score (nSPS) is 11.8. The number of nitrogens with one attached hydrogen (secondary N) is 2. The zero-order chi connectivity index (χ0) is 16.7. The van der Waals surface area contributed by atoms with Gasteiger partial charge in [-0.2, -0.15) is 0 Å². The van der Waals surface area contributed by atoms with Crippen LogP contribution in [0.3, 0.4) is 0 Å². The van der Waals surface area contributed by atoms with Crippen molar-refractivity contribution < 1.29 is 24.2 Å². The number of ether oxygens (including phenoxy) is 1. The molecule has 1 rings (SSSR count). The van der Waals surface area contributed by atoms with Gasteiger partial charge < -0.3 is 9.84 Å². The predicted octanol–water partition coefficient (Wildman–Crippen LogP) is 0.859. The molecule has 0 aliphatic rings. The summed E-state index contributed by atoms with van der Waals surface area (Å²) in [6.45, 7) is 5.43. The van der Waals surface area contributed by atoms with Gasteiger partial charge in [0.2, 0.25) is 0 Å². The fraction of sp³-hybridized carbons (Fsp3) is 0.267. The first kappa shape index (κ1) is 17.2. The zero-order valence-electron chi connectivity index (χ0n) is 12.5. The summed E-state index contributed by atoms with van der Waals surface area (Å²) in [5.41, 5.74) is 6.35. The lowest BCUT2D eigenvalue weighted by Crippen LogP contribution is -2.46. The summed E-state index contributed by atoms with van der Waals surface area (Å²) in [4.78, 5) is 33.2. The van der Waals surface area contributed by atoms with Crippen LogP contribution < -0.4 is 15.6 Å². The van der Waals surface area contributed by atoms with E-state index in [4.69, 9.17) is 9.84 Å². The summed E-state index contributed by atoms with van der Waals surface area (Å²) < 4.78 is 5.47. The quantitative estimate of drug-likeness (QED) is 0.553. The van der Waals surface area contributed by atoms with Gasteiger partial charge in [-0.25, -0.2) is 4.79 Å². The van der Waals surface area contributed by atoms with Gasteiger partial charge in [0.25, 0.3) is 11.8 Å². The smallest absolute Gasteiger partial charge is 0.328 e. The van der Waals surface area contributed by atoms with Crippen molar-refractivity contribution in [1.29, 1.82) is 0 Å². The summed E-state index contributed by atoms with van der Waals surface area (Å²) in [7, 11) is 0. The third kappa shape index (κ3) is 5.66. The molecule has 0 aliphatic heterocycles. The first-order valence-electron chi connectivity index (χ1n) is 6.54. The largest absolute Gasteiger partial charge is 0.481 e. The fourth-order valence-electron chi connectivity index (χ4n) is 1.46. The molecule has 0 saturated heterocycles. The van der Waals surface area contributed by atoms with Gasteiger partial charge in [-0.1, -0.05) is 6.07 Å². The number of carbonyl (C=O) groups is 3. The standard InChI is InChI=1S/C15H18N2O5/c1-9-4-5-12(8-10(9)2)22-11(3)15(21)17-16-13(18)6-7-14(19)20/h4-8,11H,1-3H3,(H,16,18)(H,17,21)(H,19,20)/b7-6+. The van der Waals surface area contributed by atoms with Crippen LogP contribution in [-0.2, 0) is 14.4 Å². The van der Waals surface area contributed by atoms with Crippen molar-refractivity contribution in [2.75, 3.05) is 0 Å². The Bertz CT molecular complexity index is 610. The molecule has 0 aromatic heterocycles. The van der Waals surface area contributed by atoms with Crippen molar-refractivity contribution in [1.82, 2.24) is 10.9 Å². The van der Waals surface area contributed by atoms with E-state index in [1.54, 1.807) is 6.07 Å². The highest BCUT2D eigenvalue weighted by molar-refractivity contribution is 5.95. The highest BCUT2D eigenvalue weighted by Crippen LogP contribution is 2.17. The molecule has 0 bridgehead atoms. The third-order valence-corrected chi connectivity index (χ3v) is 2.85. The Kier molecular flexibility index (Phi) is 6.12. The number of aliphatic carboxylic acids is 1. The van der Waals surface area contributed by atoms with Crippen molar-refractivity contribution >= 4 is 17.8 Å². The molecule has 1 unspecified atom stereocenters. The number of amides is 2. The molecule has 0 saturated carbocycles. The van der Waals surface area contributed by atoms with E-state index in [1.807, 2.05) is 26.0 Å². The molecule has 0 radical (unpaired) electrons. The Morgan fingerprint density at radius 1 is 1.14 bits per heavy atom. The van der Waals surface area contributed by atoms with Gasteiger partial charge in [-0.05, 0) is 44.0 Å². The fourth-order valence-corrected chi connectivity index (χ4v) is 1.46. The molecule has 0 spiro atoms. The first-order chi connectivity index (χ1) is 10.3. The van der Waals surface area contributed by atoms with E-state index in [0.717, 1.165) is 17.2 Å². The Morgan fingerprint density at radius 3 is 2.41 bits per heavy atom. The molecule has 1 aromatic carbocycles. The van der Waals surface area contributed by atoms with Gasteiger partial charge in [0.15, 0.2) is 6.10 Å². The zero-order valence-corrected chi connectivity index (χ0v) is 12.5. The molecule has 0 aliphatic carbocycles. The third-order valence-electron chi connectivity index (χ3n) is 2.85. The molecule has 0 heterocycles. The van der Waals surface area contributed by atoms with Crippen LogP contribution in [0.25, 0.3) is 0 Å². The first-order valence-corrected chi connectivity index (χ1v) is 6.54. The summed E-state index contributed by atoms with van der Waals surface area (Å²) in [5, 5.41) is 8.36. The van der Waals surface area contributed by atoms with Crippen LogP contribution in [0.15, 0.2) is 30.4 Å². The molecule has 7 nitrogen and oxygen atoms in total. The van der Waals surface area contributed by atoms with E-state index < -0.39 is 23.9 Å². The Labute approximate surface area is 127 Å². The van der Waals surface area contributed by atoms with E-state index in [9.17, 15) is 14.4 Å². The number of hydrazine groups is 1. The maximum Gasteiger partial charge on any atom is 0.328 e. The molecule has 3 N–H and O–H groups in total. The minimum absolute atomic E-state index is 0.544. The molecule has 0 fully saturated rings. The lowest BCUT2D eigenvalue weighted by atomic mass is 10.1. The Balaban J connectivity index is 2.49. The second-order valence-electron chi connectivity index (χ2n) is 4.66. The van der Waals surface area contributed by atoms with Crippen molar-refractivity contribution in [2.24, 2.45) is 0 Å². The maximum absolute atomic E-state index is 11.8. The van der Waals surface area contributed by atoms with Crippen molar-refractivity contribution in [3.63, 3.8) is 0 Å². The molecule has 1 aromatic rings. The molecule has 118 valence electrons. The van der Waals surface area contributed by atoms with Crippen LogP contribution in [0.2, 0.25) is 0 Å². The molecular formula is C15H18N2O5. The van der Waals surface area contributed by atoms with Crippen molar-refractivity contribution in [2.45, 2.75) is 26.9 Å². The van der Waals surface area contributed by atoms with Crippen LogP contribution >= 0.6 is 0 Å². The van der Waals surface area contributed by atoms with Crippen LogP contribution in [0.1, 0.15) is 18.1 Å². The lowest BCUT2D eigenvalue weighted by Gasteiger charge is -2.15. The minimum Gasteiger partial charge on any atom is -0.481 e. The number of hydrogen-bond donors (Lipinski definition) is 3. The second-order valence-corrected chi connectivity index (χ2v) is 4.66. The Morgan fingerprint density at radius 2 is 1.82 bits per heavy atom. The van der Waals surface area contributed by atoms with Gasteiger partial charge in [-0.3, -0.25) is 20.4 Å². The average Bonchev–Trinajstić information content (AvgIpc) is 2.46. The Hall–Kier alpha value is -2.83. The van der Waals surface area contributed by atoms with Crippen LogP contribution in [0, 0.1) is 13.8 Å². The lowest BCUT2D eigenvalue weighted by molar-refractivity contribution is -0.132. The van der Waals surface area contributed by atoms with Crippen molar-refractivity contribution in [3.05, 3.63) is 41.5 Å². The van der Waals surface area contributed by atoms with E-state index >= 15 is 0 Å². The monoisotopic (exact) mass is 306 g/mol. The summed E-state index contributed by atoms with van der Waals surface area (Å²) in [6.07, 6.45) is 0.624. The average molecular weight is 306 g/mol. The van der Waals surface area contributed by atoms with Gasteiger partial charge in [-0.15, -0.1) is 0 Å². The topological polar surface area (TPSA) is 105 Å². The summed E-state index contributed by atoms with van der Waals surface area (Å²) >= 11 is 0. The van der Waals surface area contributed by atoms with Crippen LogP contribution in [0.5, 0.6) is 5.75 Å². The van der Waals surface area contributed by atoms with E-state index in [0.29, 0.717) is 11.8 Å². The molecule has 2 amide bonds. The molecule has 7 heteroatoms. The van der Waals surface area contributed by atoms with Gasteiger partial charge >= 0.3 is 5.97 Å². The van der Waals surface area contributed by atoms with Crippen molar-refractivity contribution in [3.8, 4) is 5.75 Å². The highest BCUT2D eigenvalue weighted by Gasteiger charge is 2.15.